The second kappa shape index (κ2) is 13.5. The van der Waals surface area contributed by atoms with Crippen molar-refractivity contribution in [3.63, 3.8) is 0 Å². The lowest BCUT2D eigenvalue weighted by Gasteiger charge is -2.34. The molecule has 0 saturated heterocycles. The van der Waals surface area contributed by atoms with Crippen LogP contribution in [0, 0.1) is 0 Å². The van der Waals surface area contributed by atoms with E-state index in [-0.39, 0.29) is 18.5 Å². The third-order valence-corrected chi connectivity index (χ3v) is 8.46. The Kier molecular flexibility index (Phi) is 10.7. The summed E-state index contributed by atoms with van der Waals surface area (Å²) >= 11 is 12.5. The van der Waals surface area contributed by atoms with Gasteiger partial charge >= 0.3 is 0 Å². The number of hydrogen-bond donors (Lipinski definition) is 1. The lowest BCUT2D eigenvalue weighted by atomic mass is 9.95. The Bertz CT molecular complexity index is 1220. The van der Waals surface area contributed by atoms with Gasteiger partial charge in [-0.3, -0.25) is 13.9 Å². The molecule has 1 N–H and O–H groups in total. The van der Waals surface area contributed by atoms with E-state index in [1.54, 1.807) is 42.5 Å². The number of carbonyl (C=O) groups excluding carboxylic acids is 2. The third-order valence-electron chi connectivity index (χ3n) is 6.73. The Morgan fingerprint density at radius 1 is 1.08 bits per heavy atom. The molecule has 38 heavy (non-hydrogen) atoms. The zero-order valence-corrected chi connectivity index (χ0v) is 24.3. The Morgan fingerprint density at radius 2 is 1.74 bits per heavy atom. The van der Waals surface area contributed by atoms with E-state index in [4.69, 9.17) is 27.9 Å². The van der Waals surface area contributed by atoms with Gasteiger partial charge in [0.05, 0.1) is 19.1 Å². The molecule has 0 aliphatic heterocycles. The molecule has 0 bridgehead atoms. The molecule has 0 spiro atoms. The number of amides is 2. The molecule has 8 nitrogen and oxygen atoms in total. The van der Waals surface area contributed by atoms with Crippen LogP contribution in [0.15, 0.2) is 42.5 Å². The largest absolute Gasteiger partial charge is 0.497 e. The van der Waals surface area contributed by atoms with Gasteiger partial charge in [0, 0.05) is 22.6 Å². The maximum absolute atomic E-state index is 13.8. The molecule has 0 unspecified atom stereocenters. The van der Waals surface area contributed by atoms with Crippen molar-refractivity contribution in [2.45, 2.75) is 64.1 Å². The van der Waals surface area contributed by atoms with Gasteiger partial charge in [0.25, 0.3) is 0 Å². The lowest BCUT2D eigenvalue weighted by molar-refractivity contribution is -0.140. The van der Waals surface area contributed by atoms with Gasteiger partial charge in [0.2, 0.25) is 21.8 Å². The molecule has 2 amide bonds. The van der Waals surface area contributed by atoms with E-state index in [9.17, 15) is 18.0 Å². The first-order chi connectivity index (χ1) is 18.0. The first-order valence-corrected chi connectivity index (χ1v) is 15.3. The van der Waals surface area contributed by atoms with Crippen LogP contribution in [0.2, 0.25) is 10.0 Å². The number of halogens is 2. The van der Waals surface area contributed by atoms with E-state index in [1.807, 2.05) is 6.92 Å². The summed E-state index contributed by atoms with van der Waals surface area (Å²) in [5.41, 5.74) is 0.912. The van der Waals surface area contributed by atoms with Crippen molar-refractivity contribution in [2.24, 2.45) is 0 Å². The lowest BCUT2D eigenvalue weighted by Crippen LogP contribution is -2.54. The van der Waals surface area contributed by atoms with Crippen molar-refractivity contribution in [3.05, 3.63) is 58.1 Å². The molecule has 2 aromatic carbocycles. The number of ether oxygens (including phenoxy) is 1. The summed E-state index contributed by atoms with van der Waals surface area (Å²) in [6, 6.07) is 10.6. The summed E-state index contributed by atoms with van der Waals surface area (Å²) in [7, 11) is -2.32. The zero-order chi connectivity index (χ0) is 27.9. The first kappa shape index (κ1) is 30.1. The molecule has 0 aromatic heterocycles. The fraction of sp³-hybridized carbons (Fsp3) is 0.481. The minimum Gasteiger partial charge on any atom is -0.497 e. The molecule has 1 saturated carbocycles. The summed E-state index contributed by atoms with van der Waals surface area (Å²) in [6.07, 6.45) is 6.44. The van der Waals surface area contributed by atoms with E-state index in [2.05, 4.69) is 5.32 Å². The van der Waals surface area contributed by atoms with Crippen LogP contribution in [-0.2, 0) is 26.2 Å². The Labute approximate surface area is 235 Å². The van der Waals surface area contributed by atoms with Gasteiger partial charge in [-0.2, -0.15) is 0 Å². The predicted octanol–water partition coefficient (Wildman–Crippen LogP) is 5.02. The average Bonchev–Trinajstić information content (AvgIpc) is 2.88. The molecule has 0 heterocycles. The Hall–Kier alpha value is -2.49. The van der Waals surface area contributed by atoms with Crippen LogP contribution in [0.25, 0.3) is 0 Å². The van der Waals surface area contributed by atoms with Crippen LogP contribution in [0.5, 0.6) is 5.75 Å². The fourth-order valence-corrected chi connectivity index (χ4v) is 5.98. The zero-order valence-electron chi connectivity index (χ0n) is 22.0. The fourth-order valence-electron chi connectivity index (χ4n) is 4.66. The number of methoxy groups -OCH3 is 1. The van der Waals surface area contributed by atoms with E-state index < -0.39 is 28.5 Å². The summed E-state index contributed by atoms with van der Waals surface area (Å²) in [5, 5.41) is 3.91. The van der Waals surface area contributed by atoms with Crippen LogP contribution < -0.4 is 14.4 Å². The second-order valence-corrected chi connectivity index (χ2v) is 12.2. The van der Waals surface area contributed by atoms with E-state index in [0.717, 1.165) is 42.7 Å². The number of sulfonamides is 1. The van der Waals surface area contributed by atoms with Crippen LogP contribution in [0.3, 0.4) is 0 Å². The van der Waals surface area contributed by atoms with Gasteiger partial charge in [-0.15, -0.1) is 0 Å². The molecular formula is C27H35Cl2N3O5S. The van der Waals surface area contributed by atoms with Gasteiger partial charge in [0.1, 0.15) is 18.3 Å². The molecule has 208 valence electrons. The van der Waals surface area contributed by atoms with Gasteiger partial charge in [-0.25, -0.2) is 8.42 Å². The number of carbonyl (C=O) groups is 2. The monoisotopic (exact) mass is 583 g/mol. The van der Waals surface area contributed by atoms with Crippen molar-refractivity contribution in [1.29, 1.82) is 0 Å². The maximum Gasteiger partial charge on any atom is 0.244 e. The highest BCUT2D eigenvalue weighted by Gasteiger charge is 2.33. The van der Waals surface area contributed by atoms with Crippen molar-refractivity contribution < 1.29 is 22.7 Å². The first-order valence-electron chi connectivity index (χ1n) is 12.7. The van der Waals surface area contributed by atoms with Gasteiger partial charge in [-0.05, 0) is 61.2 Å². The second-order valence-electron chi connectivity index (χ2n) is 9.49. The summed E-state index contributed by atoms with van der Waals surface area (Å²) < 4.78 is 31.7. The highest BCUT2D eigenvalue weighted by atomic mass is 35.5. The molecule has 11 heteroatoms. The highest BCUT2D eigenvalue weighted by Crippen LogP contribution is 2.26. The molecule has 1 aliphatic rings. The van der Waals surface area contributed by atoms with Gasteiger partial charge in [-0.1, -0.05) is 55.5 Å². The topological polar surface area (TPSA) is 96.0 Å². The minimum atomic E-state index is -3.83. The van der Waals surface area contributed by atoms with Gasteiger partial charge < -0.3 is 15.0 Å². The maximum atomic E-state index is 13.8. The van der Waals surface area contributed by atoms with Gasteiger partial charge in [0.15, 0.2) is 0 Å². The standard InChI is InChI=1S/C27H35Cl2N3O5S/c1-4-25(27(34)30-21-8-6-5-7-9-21)31(17-19-10-11-20(28)16-24(19)29)26(33)18-32(38(3,35)36)22-12-14-23(37-2)15-13-22/h10-16,21,25H,4-9,17-18H2,1-3H3,(H,30,34)/t25-/m1/s1. The van der Waals surface area contributed by atoms with E-state index in [0.29, 0.717) is 33.5 Å². The van der Waals surface area contributed by atoms with Crippen LogP contribution in [-0.4, -0.2) is 57.1 Å². The molecule has 1 fully saturated rings. The number of rotatable bonds is 11. The van der Waals surface area contributed by atoms with Crippen LogP contribution >= 0.6 is 23.2 Å². The molecule has 2 aromatic rings. The van der Waals surface area contributed by atoms with Crippen LogP contribution in [0.1, 0.15) is 51.0 Å². The molecular weight excluding hydrogens is 549 g/mol. The average molecular weight is 585 g/mol. The molecule has 1 atom stereocenters. The number of anilines is 1. The number of benzene rings is 2. The Morgan fingerprint density at radius 3 is 2.29 bits per heavy atom. The third kappa shape index (κ3) is 8.01. The quantitative estimate of drug-likeness (QED) is 0.400. The number of nitrogens with one attached hydrogen (secondary N) is 1. The van der Waals surface area contributed by atoms with Crippen molar-refractivity contribution in [3.8, 4) is 5.75 Å². The van der Waals surface area contributed by atoms with Crippen molar-refractivity contribution in [2.75, 3.05) is 24.2 Å². The number of hydrogen-bond acceptors (Lipinski definition) is 5. The van der Waals surface area contributed by atoms with Crippen LogP contribution in [0.4, 0.5) is 5.69 Å². The normalized spacial score (nSPS) is 15.0. The summed E-state index contributed by atoms with van der Waals surface area (Å²) in [5.74, 6) is -0.228. The number of nitrogens with zero attached hydrogens (tertiary/aromatic N) is 2. The molecule has 1 aliphatic carbocycles. The SMILES string of the molecule is CC[C@H](C(=O)NC1CCCCC1)N(Cc1ccc(Cl)cc1Cl)C(=O)CN(c1ccc(OC)cc1)S(C)(=O)=O. The van der Waals surface area contributed by atoms with E-state index >= 15 is 0 Å². The molecule has 3 rings (SSSR count). The van der Waals surface area contributed by atoms with Crippen molar-refractivity contribution >= 4 is 50.7 Å². The predicted molar refractivity (Wildman–Crippen MR) is 151 cm³/mol. The minimum absolute atomic E-state index is 0.0195. The Balaban J connectivity index is 1.93. The highest BCUT2D eigenvalue weighted by molar-refractivity contribution is 7.92. The summed E-state index contributed by atoms with van der Waals surface area (Å²) in [6.45, 7) is 1.36. The van der Waals surface area contributed by atoms with E-state index in [1.165, 1.54) is 12.0 Å². The van der Waals surface area contributed by atoms with Crippen molar-refractivity contribution in [1.82, 2.24) is 10.2 Å². The smallest absolute Gasteiger partial charge is 0.244 e. The summed E-state index contributed by atoms with van der Waals surface area (Å²) in [4.78, 5) is 28.7. The molecule has 0 radical (unpaired) electrons.